The molecule has 2 N–H and O–H groups in total. The van der Waals surface area contributed by atoms with Crippen LogP contribution >= 0.6 is 23.1 Å². The minimum atomic E-state index is -0.345. The number of hydrogen-bond donors (Lipinski definition) is 2. The molecule has 0 aromatic carbocycles. The van der Waals surface area contributed by atoms with E-state index in [0.717, 1.165) is 27.4 Å². The van der Waals surface area contributed by atoms with Crippen molar-refractivity contribution in [2.24, 2.45) is 5.41 Å². The van der Waals surface area contributed by atoms with Crippen molar-refractivity contribution in [1.29, 1.82) is 0 Å². The molecule has 1 aliphatic heterocycles. The maximum absolute atomic E-state index is 13.1. The average Bonchev–Trinajstić information content (AvgIpc) is 2.97. The third-order valence-electron chi connectivity index (χ3n) is 5.09. The minimum absolute atomic E-state index is 0.104. The highest BCUT2D eigenvalue weighted by Gasteiger charge is 2.42. The Morgan fingerprint density at radius 3 is 2.64 bits per heavy atom. The monoisotopic (exact) mass is 415 g/mol. The quantitative estimate of drug-likeness (QED) is 0.554. The van der Waals surface area contributed by atoms with Crippen LogP contribution in [0.25, 0.3) is 0 Å². The number of nitrogens with zero attached hydrogens (tertiary/aromatic N) is 1. The standard InChI is InChI=1S/C21H25N3O2S2/c1-10(2)27-20-23-18-17(19(26)24-20)16(14-7-6-11(3)28-14)15-12(22-18)8-21(4,5)9-13(15)25/h6-7,10,16H,8-9H2,1-5H3,(H2,22,23,24,26). The maximum Gasteiger partial charge on any atom is 0.257 e. The minimum Gasteiger partial charge on any atom is -0.343 e. The van der Waals surface area contributed by atoms with Gasteiger partial charge in [0.1, 0.15) is 5.82 Å². The fourth-order valence-electron chi connectivity index (χ4n) is 4.07. The van der Waals surface area contributed by atoms with Crippen molar-refractivity contribution in [1.82, 2.24) is 9.97 Å². The van der Waals surface area contributed by atoms with E-state index in [-0.39, 0.29) is 22.7 Å². The van der Waals surface area contributed by atoms with E-state index in [4.69, 9.17) is 4.98 Å². The van der Waals surface area contributed by atoms with E-state index >= 15 is 0 Å². The van der Waals surface area contributed by atoms with E-state index in [1.807, 2.05) is 19.1 Å². The first-order valence-electron chi connectivity index (χ1n) is 9.55. The van der Waals surface area contributed by atoms with Gasteiger partial charge in [0.05, 0.1) is 11.5 Å². The molecule has 0 fully saturated rings. The summed E-state index contributed by atoms with van der Waals surface area (Å²) >= 11 is 3.17. The topological polar surface area (TPSA) is 74.8 Å². The summed E-state index contributed by atoms with van der Waals surface area (Å²) < 4.78 is 0. The van der Waals surface area contributed by atoms with Crippen LogP contribution in [-0.4, -0.2) is 21.0 Å². The summed E-state index contributed by atoms with van der Waals surface area (Å²) in [7, 11) is 0. The van der Waals surface area contributed by atoms with Crippen LogP contribution in [0.5, 0.6) is 0 Å². The van der Waals surface area contributed by atoms with Crippen molar-refractivity contribution in [2.75, 3.05) is 5.32 Å². The first kappa shape index (κ1) is 19.5. The molecular formula is C21H25N3O2S2. The van der Waals surface area contributed by atoms with Crippen LogP contribution in [0, 0.1) is 12.3 Å². The fourth-order valence-corrected chi connectivity index (χ4v) is 5.81. The summed E-state index contributed by atoms with van der Waals surface area (Å²) in [5, 5.41) is 4.28. The number of hydrogen-bond acceptors (Lipinski definition) is 6. The number of aromatic amines is 1. The molecule has 0 amide bonds. The molecule has 1 atom stereocenters. The number of allylic oxidation sites excluding steroid dienone is 2. The number of rotatable bonds is 3. The van der Waals surface area contributed by atoms with Gasteiger partial charge < -0.3 is 10.3 Å². The summed E-state index contributed by atoms with van der Waals surface area (Å²) in [5.74, 6) is 0.371. The number of anilines is 1. The van der Waals surface area contributed by atoms with E-state index in [2.05, 4.69) is 38.0 Å². The second kappa shape index (κ2) is 6.88. The number of thioether (sulfide) groups is 1. The summed E-state index contributed by atoms with van der Waals surface area (Å²) in [6.07, 6.45) is 1.27. The van der Waals surface area contributed by atoms with Crippen molar-refractivity contribution in [3.8, 4) is 0 Å². The molecule has 3 heterocycles. The van der Waals surface area contributed by atoms with Gasteiger partial charge in [-0.1, -0.05) is 39.5 Å². The molecule has 0 bridgehead atoms. The van der Waals surface area contributed by atoms with Crippen molar-refractivity contribution < 1.29 is 4.79 Å². The van der Waals surface area contributed by atoms with Crippen LogP contribution in [0.1, 0.15) is 61.8 Å². The highest BCUT2D eigenvalue weighted by atomic mass is 32.2. The lowest BCUT2D eigenvalue weighted by atomic mass is 9.70. The molecule has 4 rings (SSSR count). The van der Waals surface area contributed by atoms with E-state index in [9.17, 15) is 9.59 Å². The van der Waals surface area contributed by atoms with E-state index in [1.54, 1.807) is 11.3 Å². The largest absolute Gasteiger partial charge is 0.343 e. The van der Waals surface area contributed by atoms with E-state index in [1.165, 1.54) is 11.8 Å². The number of thiophene rings is 1. The predicted octanol–water partition coefficient (Wildman–Crippen LogP) is 4.84. The molecule has 28 heavy (non-hydrogen) atoms. The van der Waals surface area contributed by atoms with Crippen LogP contribution in [0.4, 0.5) is 5.82 Å². The molecule has 2 aromatic heterocycles. The van der Waals surface area contributed by atoms with Gasteiger partial charge in [0, 0.05) is 32.7 Å². The molecule has 0 saturated heterocycles. The number of ketones is 1. The molecule has 0 spiro atoms. The lowest BCUT2D eigenvalue weighted by Crippen LogP contribution is -2.36. The SMILES string of the molecule is Cc1ccc(C2C3=C(CC(C)(C)CC3=O)Nc3nc(SC(C)C)[nH]c(=O)c32)s1. The second-order valence-corrected chi connectivity index (χ2v) is 11.5. The van der Waals surface area contributed by atoms with Crippen LogP contribution in [0.3, 0.4) is 0 Å². The highest BCUT2D eigenvalue weighted by Crippen LogP contribution is 2.48. The van der Waals surface area contributed by atoms with Crippen LogP contribution in [-0.2, 0) is 4.79 Å². The number of nitrogens with one attached hydrogen (secondary N) is 2. The lowest BCUT2D eigenvalue weighted by molar-refractivity contribution is -0.118. The Morgan fingerprint density at radius 1 is 1.25 bits per heavy atom. The Kier molecular flexibility index (Phi) is 4.78. The molecule has 2 aliphatic rings. The molecule has 0 saturated carbocycles. The zero-order chi connectivity index (χ0) is 20.2. The van der Waals surface area contributed by atoms with Crippen molar-refractivity contribution >= 4 is 34.7 Å². The Bertz CT molecular complexity index is 1050. The zero-order valence-corrected chi connectivity index (χ0v) is 18.4. The Labute approximate surface area is 173 Å². The summed E-state index contributed by atoms with van der Waals surface area (Å²) in [5.41, 5.74) is 1.95. The predicted molar refractivity (Wildman–Crippen MR) is 115 cm³/mol. The van der Waals surface area contributed by atoms with Gasteiger partial charge in [-0.3, -0.25) is 9.59 Å². The zero-order valence-electron chi connectivity index (χ0n) is 16.8. The van der Waals surface area contributed by atoms with Gasteiger partial charge in [-0.05, 0) is 30.9 Å². The number of aromatic nitrogens is 2. The third kappa shape index (κ3) is 3.46. The van der Waals surface area contributed by atoms with Gasteiger partial charge in [-0.2, -0.15) is 0 Å². The maximum atomic E-state index is 13.1. The Morgan fingerprint density at radius 2 is 2.00 bits per heavy atom. The molecule has 148 valence electrons. The number of Topliss-reactive ketones (excluding diaryl/α,β-unsaturated/α-hetero) is 1. The molecule has 1 aliphatic carbocycles. The first-order valence-corrected chi connectivity index (χ1v) is 11.2. The van der Waals surface area contributed by atoms with Gasteiger partial charge in [-0.25, -0.2) is 4.98 Å². The smallest absolute Gasteiger partial charge is 0.257 e. The summed E-state index contributed by atoms with van der Waals surface area (Å²) in [4.78, 5) is 36.1. The first-order chi connectivity index (χ1) is 13.1. The van der Waals surface area contributed by atoms with Crippen LogP contribution < -0.4 is 10.9 Å². The normalized spacial score (nSPS) is 20.8. The van der Waals surface area contributed by atoms with Gasteiger partial charge in [0.25, 0.3) is 5.56 Å². The highest BCUT2D eigenvalue weighted by molar-refractivity contribution is 7.99. The summed E-state index contributed by atoms with van der Waals surface area (Å²) in [6.45, 7) is 10.4. The Hall–Kier alpha value is -1.86. The number of fused-ring (bicyclic) bond motifs is 1. The van der Waals surface area contributed by atoms with Crippen molar-refractivity contribution in [3.05, 3.63) is 49.1 Å². The Balaban J connectivity index is 1.93. The number of aryl methyl sites for hydroxylation is 1. The summed E-state index contributed by atoms with van der Waals surface area (Å²) in [6, 6.07) is 4.08. The van der Waals surface area contributed by atoms with Crippen molar-refractivity contribution in [3.63, 3.8) is 0 Å². The van der Waals surface area contributed by atoms with E-state index < -0.39 is 0 Å². The van der Waals surface area contributed by atoms with Crippen molar-refractivity contribution in [2.45, 2.75) is 63.8 Å². The van der Waals surface area contributed by atoms with Gasteiger partial charge >= 0.3 is 0 Å². The van der Waals surface area contributed by atoms with Gasteiger partial charge in [-0.15, -0.1) is 11.3 Å². The molecule has 1 unspecified atom stereocenters. The average molecular weight is 416 g/mol. The van der Waals surface area contributed by atoms with Gasteiger partial charge in [0.2, 0.25) is 0 Å². The molecular weight excluding hydrogens is 390 g/mol. The molecule has 0 radical (unpaired) electrons. The van der Waals surface area contributed by atoms with Crippen LogP contribution in [0.2, 0.25) is 0 Å². The van der Waals surface area contributed by atoms with Gasteiger partial charge in [0.15, 0.2) is 10.9 Å². The fraction of sp³-hybridized carbons (Fsp3) is 0.476. The second-order valence-electron chi connectivity index (χ2n) is 8.64. The number of carbonyl (C=O) groups is 1. The number of carbonyl (C=O) groups excluding carboxylic acids is 1. The molecule has 5 nitrogen and oxygen atoms in total. The third-order valence-corrected chi connectivity index (χ3v) is 7.05. The number of H-pyrrole nitrogens is 1. The molecule has 2 aromatic rings. The van der Waals surface area contributed by atoms with Crippen LogP contribution in [0.15, 0.2) is 33.4 Å². The van der Waals surface area contributed by atoms with E-state index in [0.29, 0.717) is 28.2 Å². The lowest BCUT2D eigenvalue weighted by Gasteiger charge is -2.38. The molecule has 7 heteroatoms.